The minimum atomic E-state index is -0.695. The largest absolute Gasteiger partial charge is 0.390 e. The Morgan fingerprint density at radius 3 is 2.28 bits per heavy atom. The molecule has 2 bridgehead atoms. The van der Waals surface area contributed by atoms with E-state index in [9.17, 15) is 5.11 Å². The maximum atomic E-state index is 10.7. The Kier molecular flexibility index (Phi) is 4.98. The summed E-state index contributed by atoms with van der Waals surface area (Å²) >= 11 is 0. The first-order valence-corrected chi connectivity index (χ1v) is 6.94. The van der Waals surface area contributed by atoms with Crippen LogP contribution in [-0.4, -0.2) is 55.5 Å². The second kappa shape index (κ2) is 6.30. The summed E-state index contributed by atoms with van der Waals surface area (Å²) in [5, 5.41) is 14.2. The van der Waals surface area contributed by atoms with Crippen molar-refractivity contribution in [3.05, 3.63) is 0 Å². The number of fused-ring (bicyclic) bond motifs is 2. The highest BCUT2D eigenvalue weighted by atomic mass is 16.7. The van der Waals surface area contributed by atoms with Crippen LogP contribution in [0, 0.1) is 0 Å². The van der Waals surface area contributed by atoms with Crippen LogP contribution in [0.5, 0.6) is 0 Å². The molecule has 18 heavy (non-hydrogen) atoms. The Bertz CT molecular complexity index is 243. The van der Waals surface area contributed by atoms with Crippen molar-refractivity contribution in [2.24, 2.45) is 0 Å². The highest BCUT2D eigenvalue weighted by molar-refractivity contribution is 4.97. The van der Waals surface area contributed by atoms with Gasteiger partial charge in [0.15, 0.2) is 6.29 Å². The summed E-state index contributed by atoms with van der Waals surface area (Å²) in [6.45, 7) is 6.48. The third kappa shape index (κ3) is 3.65. The zero-order valence-electron chi connectivity index (χ0n) is 11.4. The lowest BCUT2D eigenvalue weighted by atomic mass is 9.80. The summed E-state index contributed by atoms with van der Waals surface area (Å²) < 4.78 is 16.6. The summed E-state index contributed by atoms with van der Waals surface area (Å²) in [5.41, 5.74) is -0.695. The van der Waals surface area contributed by atoms with Crippen LogP contribution in [0.3, 0.4) is 0 Å². The van der Waals surface area contributed by atoms with Crippen molar-refractivity contribution in [3.8, 4) is 0 Å². The van der Waals surface area contributed by atoms with Gasteiger partial charge in [0.2, 0.25) is 0 Å². The average molecular weight is 259 g/mol. The van der Waals surface area contributed by atoms with Gasteiger partial charge in [0.05, 0.1) is 18.8 Å². The molecule has 5 heteroatoms. The molecule has 0 aliphatic carbocycles. The van der Waals surface area contributed by atoms with Gasteiger partial charge in [-0.05, 0) is 26.7 Å². The van der Waals surface area contributed by atoms with E-state index in [0.717, 1.165) is 0 Å². The van der Waals surface area contributed by atoms with Crippen LogP contribution in [0.1, 0.15) is 33.1 Å². The van der Waals surface area contributed by atoms with Gasteiger partial charge >= 0.3 is 0 Å². The molecule has 2 N–H and O–H groups in total. The van der Waals surface area contributed by atoms with E-state index in [1.165, 1.54) is 0 Å². The molecule has 2 saturated heterocycles. The summed E-state index contributed by atoms with van der Waals surface area (Å²) in [6.07, 6.45) is 1.66. The lowest BCUT2D eigenvalue weighted by Crippen LogP contribution is -2.60. The van der Waals surface area contributed by atoms with E-state index in [1.54, 1.807) is 0 Å². The van der Waals surface area contributed by atoms with E-state index in [0.29, 0.717) is 45.7 Å². The standard InChI is InChI=1S/C13H25NO4/c1-3-17-12(18-4-2)7-13(15)5-10-8-16-9-11(6-13)14-10/h10-12,14-15H,3-9H2,1-2H3. The number of morpholine rings is 1. The van der Waals surface area contributed by atoms with Gasteiger partial charge in [0, 0.05) is 31.7 Å². The van der Waals surface area contributed by atoms with E-state index in [1.807, 2.05) is 13.8 Å². The molecule has 106 valence electrons. The third-order valence-electron chi connectivity index (χ3n) is 3.61. The van der Waals surface area contributed by atoms with Gasteiger partial charge in [-0.15, -0.1) is 0 Å². The number of hydrogen-bond acceptors (Lipinski definition) is 5. The quantitative estimate of drug-likeness (QED) is 0.686. The zero-order valence-corrected chi connectivity index (χ0v) is 11.4. The maximum Gasteiger partial charge on any atom is 0.160 e. The second-order valence-electron chi connectivity index (χ2n) is 5.27. The SMILES string of the molecule is CCOC(CC1(O)CC2COCC(C1)N2)OCC. The molecule has 0 aromatic heterocycles. The van der Waals surface area contributed by atoms with Crippen molar-refractivity contribution in [2.45, 2.75) is 57.1 Å². The number of rotatable bonds is 6. The second-order valence-corrected chi connectivity index (χ2v) is 5.27. The molecular weight excluding hydrogens is 234 g/mol. The van der Waals surface area contributed by atoms with Gasteiger partial charge in [-0.25, -0.2) is 0 Å². The fraction of sp³-hybridized carbons (Fsp3) is 1.00. The molecule has 0 saturated carbocycles. The number of nitrogens with one attached hydrogen (secondary N) is 1. The monoisotopic (exact) mass is 259 g/mol. The first-order valence-electron chi connectivity index (χ1n) is 6.94. The fourth-order valence-corrected chi connectivity index (χ4v) is 3.03. The van der Waals surface area contributed by atoms with Crippen molar-refractivity contribution in [1.82, 2.24) is 5.32 Å². The molecule has 0 aromatic rings. The summed E-state index contributed by atoms with van der Waals surface area (Å²) in [5.74, 6) is 0. The van der Waals surface area contributed by atoms with Crippen LogP contribution < -0.4 is 5.32 Å². The highest BCUT2D eigenvalue weighted by Crippen LogP contribution is 2.32. The molecule has 2 rings (SSSR count). The first-order chi connectivity index (χ1) is 8.65. The molecule has 0 radical (unpaired) electrons. The minimum absolute atomic E-state index is 0.256. The topological polar surface area (TPSA) is 60.0 Å². The van der Waals surface area contributed by atoms with Crippen molar-refractivity contribution >= 4 is 0 Å². The maximum absolute atomic E-state index is 10.7. The van der Waals surface area contributed by atoms with Gasteiger partial charge in [-0.3, -0.25) is 0 Å². The van der Waals surface area contributed by atoms with Crippen molar-refractivity contribution in [3.63, 3.8) is 0 Å². The normalized spacial score (nSPS) is 36.0. The van der Waals surface area contributed by atoms with Crippen molar-refractivity contribution in [1.29, 1.82) is 0 Å². The first kappa shape index (κ1) is 14.2. The van der Waals surface area contributed by atoms with Gasteiger partial charge < -0.3 is 24.6 Å². The number of piperidine rings is 1. The van der Waals surface area contributed by atoms with Gasteiger partial charge in [0.25, 0.3) is 0 Å². The number of hydrogen-bond donors (Lipinski definition) is 2. The average Bonchev–Trinajstić information content (AvgIpc) is 2.28. The Balaban J connectivity index is 1.92. The Morgan fingerprint density at radius 2 is 1.78 bits per heavy atom. The van der Waals surface area contributed by atoms with E-state index in [-0.39, 0.29) is 18.4 Å². The van der Waals surface area contributed by atoms with Crippen molar-refractivity contribution in [2.75, 3.05) is 26.4 Å². The highest BCUT2D eigenvalue weighted by Gasteiger charge is 2.42. The molecular formula is C13H25NO4. The van der Waals surface area contributed by atoms with E-state index < -0.39 is 5.60 Å². The lowest BCUT2D eigenvalue weighted by Gasteiger charge is -2.45. The van der Waals surface area contributed by atoms with E-state index in [4.69, 9.17) is 14.2 Å². The lowest BCUT2D eigenvalue weighted by molar-refractivity contribution is -0.182. The Labute approximate surface area is 109 Å². The van der Waals surface area contributed by atoms with E-state index >= 15 is 0 Å². The molecule has 2 heterocycles. The van der Waals surface area contributed by atoms with Crippen LogP contribution in [-0.2, 0) is 14.2 Å². The molecule has 2 atom stereocenters. The van der Waals surface area contributed by atoms with Crippen LogP contribution in [0.15, 0.2) is 0 Å². The number of aliphatic hydroxyl groups is 1. The summed E-state index contributed by atoms with van der Waals surface area (Å²) in [4.78, 5) is 0. The molecule has 2 unspecified atom stereocenters. The van der Waals surface area contributed by atoms with Crippen molar-refractivity contribution < 1.29 is 19.3 Å². The predicted octanol–water partition coefficient (Wildman–Crippen LogP) is 0.657. The molecule has 0 amide bonds. The molecule has 2 aliphatic rings. The summed E-state index contributed by atoms with van der Waals surface area (Å²) in [6, 6.07) is 0.512. The Hall–Kier alpha value is -0.200. The van der Waals surface area contributed by atoms with Crippen LogP contribution in [0.4, 0.5) is 0 Å². The molecule has 0 spiro atoms. The van der Waals surface area contributed by atoms with E-state index in [2.05, 4.69) is 5.32 Å². The fourth-order valence-electron chi connectivity index (χ4n) is 3.03. The van der Waals surface area contributed by atoms with Gasteiger partial charge in [-0.2, -0.15) is 0 Å². The predicted molar refractivity (Wildman–Crippen MR) is 67.4 cm³/mol. The van der Waals surface area contributed by atoms with Crippen LogP contribution >= 0.6 is 0 Å². The smallest absolute Gasteiger partial charge is 0.160 e. The van der Waals surface area contributed by atoms with Gasteiger partial charge in [-0.1, -0.05) is 0 Å². The van der Waals surface area contributed by atoms with Gasteiger partial charge in [0.1, 0.15) is 0 Å². The van der Waals surface area contributed by atoms with Crippen LogP contribution in [0.2, 0.25) is 0 Å². The molecule has 0 aromatic carbocycles. The zero-order chi connectivity index (χ0) is 13.0. The Morgan fingerprint density at radius 1 is 1.22 bits per heavy atom. The number of ether oxygens (including phenoxy) is 3. The molecule has 2 aliphatic heterocycles. The molecule has 2 fully saturated rings. The van der Waals surface area contributed by atoms with Crippen LogP contribution in [0.25, 0.3) is 0 Å². The summed E-state index contributed by atoms with van der Waals surface area (Å²) in [7, 11) is 0. The minimum Gasteiger partial charge on any atom is -0.390 e. The third-order valence-corrected chi connectivity index (χ3v) is 3.61. The molecule has 5 nitrogen and oxygen atoms in total.